The van der Waals surface area contributed by atoms with Crippen molar-refractivity contribution in [1.82, 2.24) is 5.43 Å². The molecule has 2 rings (SSSR count). The summed E-state index contributed by atoms with van der Waals surface area (Å²) < 4.78 is 52.5. The van der Waals surface area contributed by atoms with Crippen LogP contribution in [0, 0.1) is 12.7 Å². The minimum atomic E-state index is -4.49. The van der Waals surface area contributed by atoms with Crippen LogP contribution < -0.4 is 11.3 Å². The van der Waals surface area contributed by atoms with Crippen LogP contribution in [-0.4, -0.2) is 0 Å². The fourth-order valence-corrected chi connectivity index (χ4v) is 2.22. The van der Waals surface area contributed by atoms with E-state index in [0.29, 0.717) is 11.1 Å². The van der Waals surface area contributed by atoms with Crippen LogP contribution >= 0.6 is 0 Å². The number of aryl methyl sites for hydroxylation is 1. The van der Waals surface area contributed by atoms with Gasteiger partial charge in [-0.2, -0.15) is 13.2 Å². The minimum absolute atomic E-state index is 0.00138. The molecule has 6 heteroatoms. The molecule has 2 nitrogen and oxygen atoms in total. The number of alkyl halides is 3. The normalized spacial score (nSPS) is 13.2. The van der Waals surface area contributed by atoms with Crippen molar-refractivity contribution >= 4 is 0 Å². The summed E-state index contributed by atoms with van der Waals surface area (Å²) in [5, 5.41) is 0. The lowest BCUT2D eigenvalue weighted by Gasteiger charge is -2.22. The Bertz CT molecular complexity index is 638. The maximum Gasteiger partial charge on any atom is 0.416 e. The summed E-state index contributed by atoms with van der Waals surface area (Å²) in [6, 6.07) is 8.41. The van der Waals surface area contributed by atoms with Crippen molar-refractivity contribution in [3.63, 3.8) is 0 Å². The first-order valence-corrected chi connectivity index (χ1v) is 6.23. The first-order chi connectivity index (χ1) is 9.84. The fourth-order valence-electron chi connectivity index (χ4n) is 2.22. The van der Waals surface area contributed by atoms with Crippen molar-refractivity contribution in [2.75, 3.05) is 0 Å². The highest BCUT2D eigenvalue weighted by atomic mass is 19.4. The topological polar surface area (TPSA) is 38.0 Å². The predicted molar refractivity (Wildman–Crippen MR) is 71.7 cm³/mol. The lowest BCUT2D eigenvalue weighted by atomic mass is 9.93. The van der Waals surface area contributed by atoms with Crippen molar-refractivity contribution in [1.29, 1.82) is 0 Å². The molecular weight excluding hydrogens is 284 g/mol. The molecule has 1 atom stereocenters. The van der Waals surface area contributed by atoms with E-state index in [2.05, 4.69) is 5.43 Å². The molecular formula is C15H14F4N2. The minimum Gasteiger partial charge on any atom is -0.271 e. The van der Waals surface area contributed by atoms with Crippen molar-refractivity contribution in [3.8, 4) is 0 Å². The number of benzene rings is 2. The number of nitrogens with one attached hydrogen (secondary N) is 1. The van der Waals surface area contributed by atoms with E-state index in [-0.39, 0.29) is 5.56 Å². The lowest BCUT2D eigenvalue weighted by molar-refractivity contribution is -0.138. The summed E-state index contributed by atoms with van der Waals surface area (Å²) in [6.07, 6.45) is -4.49. The summed E-state index contributed by atoms with van der Waals surface area (Å²) in [5.41, 5.74) is 2.41. The SMILES string of the molecule is Cc1cc(C(NN)c2ccccc2C(F)(F)F)ccc1F. The lowest BCUT2D eigenvalue weighted by Crippen LogP contribution is -2.30. The third kappa shape index (κ3) is 3.22. The molecule has 0 aromatic heterocycles. The van der Waals surface area contributed by atoms with Crippen LogP contribution in [0.3, 0.4) is 0 Å². The molecule has 0 aliphatic heterocycles. The van der Waals surface area contributed by atoms with Crippen molar-refractivity contribution in [2.45, 2.75) is 19.1 Å². The second-order valence-electron chi connectivity index (χ2n) is 4.69. The van der Waals surface area contributed by atoms with Gasteiger partial charge in [-0.05, 0) is 35.7 Å². The van der Waals surface area contributed by atoms with Gasteiger partial charge < -0.3 is 0 Å². The Labute approximate surface area is 119 Å². The highest BCUT2D eigenvalue weighted by molar-refractivity contribution is 5.40. The van der Waals surface area contributed by atoms with Gasteiger partial charge in [-0.15, -0.1) is 0 Å². The van der Waals surface area contributed by atoms with E-state index in [1.54, 1.807) is 6.92 Å². The molecule has 21 heavy (non-hydrogen) atoms. The van der Waals surface area contributed by atoms with Crippen LogP contribution in [0.5, 0.6) is 0 Å². The Hall–Kier alpha value is -1.92. The van der Waals surface area contributed by atoms with E-state index in [4.69, 9.17) is 5.84 Å². The highest BCUT2D eigenvalue weighted by Crippen LogP contribution is 2.36. The van der Waals surface area contributed by atoms with Gasteiger partial charge in [0.2, 0.25) is 0 Å². The molecule has 0 bridgehead atoms. The van der Waals surface area contributed by atoms with Gasteiger partial charge in [0, 0.05) is 0 Å². The van der Waals surface area contributed by atoms with Crippen LogP contribution in [0.4, 0.5) is 17.6 Å². The largest absolute Gasteiger partial charge is 0.416 e. The van der Waals surface area contributed by atoms with Crippen LogP contribution in [-0.2, 0) is 6.18 Å². The summed E-state index contributed by atoms with van der Waals surface area (Å²) in [7, 11) is 0. The zero-order valence-electron chi connectivity index (χ0n) is 11.2. The Kier molecular flexibility index (Phi) is 4.29. The summed E-state index contributed by atoms with van der Waals surface area (Å²) in [4.78, 5) is 0. The molecule has 0 aliphatic carbocycles. The monoisotopic (exact) mass is 298 g/mol. The predicted octanol–water partition coefficient (Wildman–Crippen LogP) is 3.71. The molecule has 3 N–H and O–H groups in total. The van der Waals surface area contributed by atoms with Gasteiger partial charge in [0.15, 0.2) is 0 Å². The van der Waals surface area contributed by atoms with Crippen LogP contribution in [0.25, 0.3) is 0 Å². The molecule has 0 amide bonds. The third-order valence-corrected chi connectivity index (χ3v) is 3.26. The summed E-state index contributed by atoms with van der Waals surface area (Å²) >= 11 is 0. The number of nitrogens with two attached hydrogens (primary N) is 1. The van der Waals surface area contributed by atoms with Gasteiger partial charge in [-0.3, -0.25) is 5.84 Å². The molecule has 0 saturated carbocycles. The first-order valence-electron chi connectivity index (χ1n) is 6.23. The molecule has 112 valence electrons. The average Bonchev–Trinajstić information content (AvgIpc) is 2.43. The highest BCUT2D eigenvalue weighted by Gasteiger charge is 2.35. The van der Waals surface area contributed by atoms with Crippen molar-refractivity contribution < 1.29 is 17.6 Å². The number of hydrazine groups is 1. The standard InChI is InChI=1S/C15H14F4N2/c1-9-8-10(6-7-13(9)16)14(21-20)11-4-2-3-5-12(11)15(17,18)19/h2-8,14,21H,20H2,1H3. The molecule has 0 heterocycles. The number of halogens is 4. The maximum atomic E-state index is 13.3. The number of hydrogen-bond acceptors (Lipinski definition) is 2. The zero-order valence-corrected chi connectivity index (χ0v) is 11.2. The van der Waals surface area contributed by atoms with E-state index in [0.717, 1.165) is 6.07 Å². The molecule has 0 aliphatic rings. The molecule has 1 unspecified atom stereocenters. The smallest absolute Gasteiger partial charge is 0.271 e. The van der Waals surface area contributed by atoms with Gasteiger partial charge in [-0.1, -0.05) is 30.3 Å². The van der Waals surface area contributed by atoms with Crippen LogP contribution in [0.1, 0.15) is 28.3 Å². The molecule has 2 aromatic carbocycles. The third-order valence-electron chi connectivity index (χ3n) is 3.26. The van der Waals surface area contributed by atoms with Crippen molar-refractivity contribution in [2.24, 2.45) is 5.84 Å². The Morgan fingerprint density at radius 1 is 1.10 bits per heavy atom. The molecule has 2 aromatic rings. The van der Waals surface area contributed by atoms with Gasteiger partial charge >= 0.3 is 6.18 Å². The zero-order chi connectivity index (χ0) is 15.6. The average molecular weight is 298 g/mol. The van der Waals surface area contributed by atoms with E-state index in [1.807, 2.05) is 0 Å². The fraction of sp³-hybridized carbons (Fsp3) is 0.200. The maximum absolute atomic E-state index is 13.3. The van der Waals surface area contributed by atoms with Gasteiger partial charge in [0.05, 0.1) is 11.6 Å². The van der Waals surface area contributed by atoms with E-state index >= 15 is 0 Å². The van der Waals surface area contributed by atoms with Crippen LogP contribution in [0.15, 0.2) is 42.5 Å². The quantitative estimate of drug-likeness (QED) is 0.515. The van der Waals surface area contributed by atoms with Gasteiger partial charge in [-0.25, -0.2) is 9.82 Å². The van der Waals surface area contributed by atoms with Crippen molar-refractivity contribution in [3.05, 3.63) is 70.5 Å². The molecule has 0 spiro atoms. The summed E-state index contributed by atoms with van der Waals surface area (Å²) in [6.45, 7) is 1.54. The second-order valence-corrected chi connectivity index (χ2v) is 4.69. The van der Waals surface area contributed by atoms with Gasteiger partial charge in [0.1, 0.15) is 5.82 Å². The number of hydrogen-bond donors (Lipinski definition) is 2. The first kappa shape index (κ1) is 15.5. The Balaban J connectivity index is 2.54. The number of rotatable bonds is 3. The Morgan fingerprint density at radius 2 is 1.76 bits per heavy atom. The van der Waals surface area contributed by atoms with E-state index < -0.39 is 23.6 Å². The molecule has 0 fully saturated rings. The van der Waals surface area contributed by atoms with E-state index in [1.165, 1.54) is 36.4 Å². The molecule has 0 radical (unpaired) electrons. The molecule has 0 saturated heterocycles. The van der Waals surface area contributed by atoms with Gasteiger partial charge in [0.25, 0.3) is 0 Å². The second kappa shape index (κ2) is 5.83. The summed E-state index contributed by atoms with van der Waals surface area (Å²) in [5.74, 6) is 5.01. The Morgan fingerprint density at radius 3 is 2.33 bits per heavy atom. The van der Waals surface area contributed by atoms with Crippen LogP contribution in [0.2, 0.25) is 0 Å². The van der Waals surface area contributed by atoms with E-state index in [9.17, 15) is 17.6 Å².